The second kappa shape index (κ2) is 2.95. The molecule has 0 bridgehead atoms. The summed E-state index contributed by atoms with van der Waals surface area (Å²) in [6, 6.07) is 0. The minimum atomic E-state index is -0.849. The van der Waals surface area contributed by atoms with E-state index in [9.17, 15) is 4.79 Å². The first kappa shape index (κ1) is 8.11. The number of hydrogen-bond donors (Lipinski definition) is 2. The van der Waals surface area contributed by atoms with Crippen LogP contribution in [0.1, 0.15) is 26.2 Å². The monoisotopic (exact) mass is 155 g/mol. The molecule has 0 amide bonds. The van der Waals surface area contributed by atoms with Crippen LogP contribution in [0.15, 0.2) is 11.3 Å². The molecule has 3 nitrogen and oxygen atoms in total. The molecule has 3 heteroatoms. The molecule has 0 aromatic heterocycles. The summed E-state index contributed by atoms with van der Waals surface area (Å²) in [7, 11) is 0. The summed E-state index contributed by atoms with van der Waals surface area (Å²) >= 11 is 0. The SMILES string of the molecule is CCC1CCC(C(=O)O)=C1N. The van der Waals surface area contributed by atoms with E-state index in [2.05, 4.69) is 0 Å². The maximum absolute atomic E-state index is 10.5. The predicted molar refractivity (Wildman–Crippen MR) is 41.9 cm³/mol. The van der Waals surface area contributed by atoms with Crippen molar-refractivity contribution in [1.29, 1.82) is 0 Å². The van der Waals surface area contributed by atoms with Gasteiger partial charge in [0.15, 0.2) is 0 Å². The van der Waals surface area contributed by atoms with Gasteiger partial charge in [0.1, 0.15) is 0 Å². The van der Waals surface area contributed by atoms with Crippen LogP contribution in [0.5, 0.6) is 0 Å². The summed E-state index contributed by atoms with van der Waals surface area (Å²) in [5.41, 5.74) is 6.66. The molecule has 0 radical (unpaired) electrons. The van der Waals surface area contributed by atoms with Crippen LogP contribution in [-0.4, -0.2) is 11.1 Å². The molecule has 0 saturated carbocycles. The summed E-state index contributed by atoms with van der Waals surface area (Å²) < 4.78 is 0. The van der Waals surface area contributed by atoms with Crippen molar-refractivity contribution in [3.05, 3.63) is 11.3 Å². The van der Waals surface area contributed by atoms with E-state index in [1.165, 1.54) is 0 Å². The molecule has 62 valence electrons. The quantitative estimate of drug-likeness (QED) is 0.627. The minimum absolute atomic E-state index is 0.307. The zero-order valence-electron chi connectivity index (χ0n) is 6.63. The minimum Gasteiger partial charge on any atom is -0.478 e. The molecule has 1 atom stereocenters. The Bertz CT molecular complexity index is 208. The standard InChI is InChI=1S/C8H13NO2/c1-2-5-3-4-6(7(5)9)8(10)11/h5H,2-4,9H2,1H3,(H,10,11). The molecule has 0 heterocycles. The Kier molecular flexibility index (Phi) is 2.17. The number of hydrogen-bond acceptors (Lipinski definition) is 2. The molecule has 3 N–H and O–H groups in total. The number of allylic oxidation sites excluding steroid dienone is 1. The van der Waals surface area contributed by atoms with Gasteiger partial charge >= 0.3 is 5.97 Å². The maximum Gasteiger partial charge on any atom is 0.333 e. The van der Waals surface area contributed by atoms with E-state index >= 15 is 0 Å². The fraction of sp³-hybridized carbons (Fsp3) is 0.625. The summed E-state index contributed by atoms with van der Waals surface area (Å²) in [6.45, 7) is 2.03. The zero-order valence-corrected chi connectivity index (χ0v) is 6.63. The van der Waals surface area contributed by atoms with Gasteiger partial charge in [-0.05, 0) is 25.2 Å². The fourth-order valence-electron chi connectivity index (χ4n) is 1.52. The van der Waals surface area contributed by atoms with Crippen molar-refractivity contribution >= 4 is 5.97 Å². The van der Waals surface area contributed by atoms with Crippen LogP contribution in [0.25, 0.3) is 0 Å². The van der Waals surface area contributed by atoms with Gasteiger partial charge in [0, 0.05) is 5.70 Å². The number of carboxylic acid groups (broad SMARTS) is 1. The summed E-state index contributed by atoms with van der Waals surface area (Å²) in [4.78, 5) is 10.5. The van der Waals surface area contributed by atoms with Crippen molar-refractivity contribution in [2.24, 2.45) is 11.7 Å². The highest BCUT2D eigenvalue weighted by molar-refractivity contribution is 5.88. The molecule has 0 aromatic rings. The van der Waals surface area contributed by atoms with Gasteiger partial charge < -0.3 is 10.8 Å². The summed E-state index contributed by atoms with van der Waals surface area (Å²) in [6.07, 6.45) is 2.49. The molecule has 0 aromatic carbocycles. The molecular formula is C8H13NO2. The van der Waals surface area contributed by atoms with Crippen molar-refractivity contribution in [2.45, 2.75) is 26.2 Å². The van der Waals surface area contributed by atoms with Crippen molar-refractivity contribution in [2.75, 3.05) is 0 Å². The normalized spacial score (nSPS) is 24.3. The number of rotatable bonds is 2. The van der Waals surface area contributed by atoms with E-state index in [-0.39, 0.29) is 0 Å². The van der Waals surface area contributed by atoms with E-state index in [1.807, 2.05) is 6.92 Å². The second-order valence-corrected chi connectivity index (χ2v) is 2.88. The average molecular weight is 155 g/mol. The van der Waals surface area contributed by atoms with Crippen LogP contribution in [0.4, 0.5) is 0 Å². The fourth-order valence-corrected chi connectivity index (χ4v) is 1.52. The lowest BCUT2D eigenvalue weighted by Crippen LogP contribution is -2.10. The first-order valence-electron chi connectivity index (χ1n) is 3.88. The van der Waals surface area contributed by atoms with Gasteiger partial charge in [0.25, 0.3) is 0 Å². The largest absolute Gasteiger partial charge is 0.478 e. The maximum atomic E-state index is 10.5. The van der Waals surface area contributed by atoms with Crippen LogP contribution in [0.2, 0.25) is 0 Å². The second-order valence-electron chi connectivity index (χ2n) is 2.88. The number of aliphatic carboxylic acids is 1. The molecular weight excluding hydrogens is 142 g/mol. The summed E-state index contributed by atoms with van der Waals surface area (Å²) in [5, 5.41) is 8.66. The Morgan fingerprint density at radius 1 is 1.82 bits per heavy atom. The van der Waals surface area contributed by atoms with Crippen LogP contribution in [0.3, 0.4) is 0 Å². The molecule has 1 aliphatic carbocycles. The van der Waals surface area contributed by atoms with E-state index in [0.29, 0.717) is 23.6 Å². The van der Waals surface area contributed by atoms with Crippen LogP contribution >= 0.6 is 0 Å². The predicted octanol–water partition coefficient (Wildman–Crippen LogP) is 1.10. The molecule has 0 aliphatic heterocycles. The molecule has 0 saturated heterocycles. The Morgan fingerprint density at radius 3 is 2.73 bits per heavy atom. The Labute approximate surface area is 65.9 Å². The van der Waals surface area contributed by atoms with Crippen molar-refractivity contribution in [3.8, 4) is 0 Å². The van der Waals surface area contributed by atoms with Gasteiger partial charge in [-0.15, -0.1) is 0 Å². The van der Waals surface area contributed by atoms with Crippen molar-refractivity contribution in [3.63, 3.8) is 0 Å². The third-order valence-electron chi connectivity index (χ3n) is 2.28. The molecule has 1 rings (SSSR count). The Balaban J connectivity index is 2.80. The van der Waals surface area contributed by atoms with Crippen LogP contribution in [0, 0.1) is 5.92 Å². The number of carbonyl (C=O) groups is 1. The Morgan fingerprint density at radius 2 is 2.45 bits per heavy atom. The lowest BCUT2D eigenvalue weighted by atomic mass is 10.0. The molecule has 1 unspecified atom stereocenters. The number of nitrogens with two attached hydrogens (primary N) is 1. The van der Waals surface area contributed by atoms with Crippen LogP contribution < -0.4 is 5.73 Å². The highest BCUT2D eigenvalue weighted by Gasteiger charge is 2.25. The molecule has 1 aliphatic rings. The first-order chi connectivity index (χ1) is 5.16. The molecule has 11 heavy (non-hydrogen) atoms. The highest BCUT2D eigenvalue weighted by atomic mass is 16.4. The third kappa shape index (κ3) is 1.37. The Hall–Kier alpha value is -0.990. The van der Waals surface area contributed by atoms with Crippen molar-refractivity contribution < 1.29 is 9.90 Å². The van der Waals surface area contributed by atoms with E-state index in [0.717, 1.165) is 12.8 Å². The summed E-state index contributed by atoms with van der Waals surface area (Å²) in [5.74, 6) is -0.542. The molecule has 0 fully saturated rings. The van der Waals surface area contributed by atoms with Crippen LogP contribution in [-0.2, 0) is 4.79 Å². The van der Waals surface area contributed by atoms with Gasteiger partial charge in [0.2, 0.25) is 0 Å². The topological polar surface area (TPSA) is 63.3 Å². The smallest absolute Gasteiger partial charge is 0.333 e. The average Bonchev–Trinajstić information content (AvgIpc) is 2.30. The lowest BCUT2D eigenvalue weighted by molar-refractivity contribution is -0.132. The van der Waals surface area contributed by atoms with E-state index in [4.69, 9.17) is 10.8 Å². The van der Waals surface area contributed by atoms with Gasteiger partial charge in [-0.1, -0.05) is 6.92 Å². The highest BCUT2D eigenvalue weighted by Crippen LogP contribution is 2.30. The van der Waals surface area contributed by atoms with Gasteiger partial charge in [0.05, 0.1) is 5.57 Å². The van der Waals surface area contributed by atoms with E-state index < -0.39 is 5.97 Å². The number of carboxylic acids is 1. The van der Waals surface area contributed by atoms with E-state index in [1.54, 1.807) is 0 Å². The lowest BCUT2D eigenvalue weighted by Gasteiger charge is -2.05. The van der Waals surface area contributed by atoms with Crippen molar-refractivity contribution in [1.82, 2.24) is 0 Å². The third-order valence-corrected chi connectivity index (χ3v) is 2.28. The molecule has 0 spiro atoms. The van der Waals surface area contributed by atoms with Gasteiger partial charge in [-0.25, -0.2) is 4.79 Å². The zero-order chi connectivity index (χ0) is 8.43. The van der Waals surface area contributed by atoms with Gasteiger partial charge in [-0.2, -0.15) is 0 Å². The first-order valence-corrected chi connectivity index (χ1v) is 3.88. The van der Waals surface area contributed by atoms with Gasteiger partial charge in [-0.3, -0.25) is 0 Å².